The van der Waals surface area contributed by atoms with Gasteiger partial charge < -0.3 is 4.98 Å². The van der Waals surface area contributed by atoms with Gasteiger partial charge in [-0.15, -0.1) is 0 Å². The van der Waals surface area contributed by atoms with Crippen LogP contribution in [-0.2, 0) is 6.18 Å². The van der Waals surface area contributed by atoms with Gasteiger partial charge in [0, 0.05) is 0 Å². The molecule has 6 heteroatoms. The molecule has 0 bridgehead atoms. The molecule has 2 nitrogen and oxygen atoms in total. The van der Waals surface area contributed by atoms with Crippen LogP contribution in [0.1, 0.15) is 11.1 Å². The van der Waals surface area contributed by atoms with Crippen molar-refractivity contribution in [3.63, 3.8) is 0 Å². The Labute approximate surface area is 117 Å². The number of hydrogen-bond acceptors (Lipinski definition) is 1. The van der Waals surface area contributed by atoms with Crippen LogP contribution in [0.15, 0.2) is 36.4 Å². The summed E-state index contributed by atoms with van der Waals surface area (Å²) < 4.78 is 51.8. The van der Waals surface area contributed by atoms with Gasteiger partial charge in [-0.1, -0.05) is 11.6 Å². The number of aromatic nitrogens is 2. The SMILES string of the molecule is Cc1ccc(F)c(-c2nc3ccc(C(F)(F)F)cc3[nH]2)c1. The zero-order valence-electron chi connectivity index (χ0n) is 10.9. The van der Waals surface area contributed by atoms with Crippen LogP contribution in [0.4, 0.5) is 17.6 Å². The number of nitrogens with one attached hydrogen (secondary N) is 1. The van der Waals surface area contributed by atoms with E-state index in [0.717, 1.165) is 17.7 Å². The van der Waals surface area contributed by atoms with Gasteiger partial charge >= 0.3 is 6.18 Å². The van der Waals surface area contributed by atoms with Gasteiger partial charge in [-0.3, -0.25) is 0 Å². The molecule has 1 heterocycles. The van der Waals surface area contributed by atoms with Crippen molar-refractivity contribution in [3.8, 4) is 11.4 Å². The second-order valence-corrected chi connectivity index (χ2v) is 4.80. The first-order valence-corrected chi connectivity index (χ1v) is 6.18. The molecule has 0 saturated heterocycles. The summed E-state index contributed by atoms with van der Waals surface area (Å²) in [7, 11) is 0. The molecule has 0 aliphatic rings. The highest BCUT2D eigenvalue weighted by Gasteiger charge is 2.30. The second-order valence-electron chi connectivity index (χ2n) is 4.80. The van der Waals surface area contributed by atoms with Crippen LogP contribution < -0.4 is 0 Å². The van der Waals surface area contributed by atoms with Crippen molar-refractivity contribution in [3.05, 3.63) is 53.3 Å². The summed E-state index contributed by atoms with van der Waals surface area (Å²) in [5.74, 6) is -0.263. The Morgan fingerprint density at radius 2 is 1.81 bits per heavy atom. The van der Waals surface area contributed by atoms with Crippen molar-refractivity contribution < 1.29 is 17.6 Å². The standard InChI is InChI=1S/C15H10F4N2/c1-8-2-4-11(16)10(6-8)14-20-12-5-3-9(15(17,18)19)7-13(12)21-14/h2-7H,1H3,(H,20,21). The number of fused-ring (bicyclic) bond motifs is 1. The van der Waals surface area contributed by atoms with Crippen LogP contribution in [0.25, 0.3) is 22.4 Å². The monoisotopic (exact) mass is 294 g/mol. The van der Waals surface area contributed by atoms with Gasteiger partial charge in [0.05, 0.1) is 22.2 Å². The Hall–Kier alpha value is -2.37. The first-order valence-electron chi connectivity index (χ1n) is 6.18. The van der Waals surface area contributed by atoms with E-state index in [0.29, 0.717) is 5.52 Å². The highest BCUT2D eigenvalue weighted by Crippen LogP contribution is 2.32. The maximum Gasteiger partial charge on any atom is 0.416 e. The number of aryl methyl sites for hydroxylation is 1. The summed E-state index contributed by atoms with van der Waals surface area (Å²) in [6, 6.07) is 7.71. The highest BCUT2D eigenvalue weighted by molar-refractivity contribution is 5.80. The molecule has 0 unspecified atom stereocenters. The van der Waals surface area contributed by atoms with Crippen molar-refractivity contribution >= 4 is 11.0 Å². The number of hydrogen-bond donors (Lipinski definition) is 1. The number of aromatic amines is 1. The predicted molar refractivity (Wildman–Crippen MR) is 71.2 cm³/mol. The van der Waals surface area contributed by atoms with Crippen molar-refractivity contribution in [1.29, 1.82) is 0 Å². The molecule has 2 aromatic carbocycles. The fraction of sp³-hybridized carbons (Fsp3) is 0.133. The van der Waals surface area contributed by atoms with Gasteiger partial charge in [0.15, 0.2) is 0 Å². The van der Waals surface area contributed by atoms with Crippen LogP contribution in [-0.4, -0.2) is 9.97 Å². The summed E-state index contributed by atoms with van der Waals surface area (Å²) in [5, 5.41) is 0. The van der Waals surface area contributed by atoms with Crippen molar-refractivity contribution in [1.82, 2.24) is 9.97 Å². The average molecular weight is 294 g/mol. The zero-order valence-corrected chi connectivity index (χ0v) is 10.9. The number of imidazole rings is 1. The Bertz CT molecular complexity index is 818. The van der Waals surface area contributed by atoms with Crippen molar-refractivity contribution in [2.75, 3.05) is 0 Å². The molecule has 108 valence electrons. The third-order valence-electron chi connectivity index (χ3n) is 3.19. The summed E-state index contributed by atoms with van der Waals surface area (Å²) in [4.78, 5) is 6.89. The number of benzene rings is 2. The van der Waals surface area contributed by atoms with E-state index in [2.05, 4.69) is 9.97 Å². The molecule has 0 atom stereocenters. The second kappa shape index (κ2) is 4.58. The molecule has 3 rings (SSSR count). The minimum Gasteiger partial charge on any atom is -0.338 e. The Morgan fingerprint density at radius 1 is 1.05 bits per heavy atom. The Balaban J connectivity index is 2.15. The van der Waals surface area contributed by atoms with Crippen LogP contribution in [0, 0.1) is 12.7 Å². The van der Waals surface area contributed by atoms with Crippen molar-refractivity contribution in [2.45, 2.75) is 13.1 Å². The first kappa shape index (κ1) is 13.6. The molecular weight excluding hydrogens is 284 g/mol. The molecule has 0 radical (unpaired) electrons. The topological polar surface area (TPSA) is 28.7 Å². The number of alkyl halides is 3. The van der Waals surface area contributed by atoms with Gasteiger partial charge in [-0.2, -0.15) is 13.2 Å². The van der Waals surface area contributed by atoms with Gasteiger partial charge in [0.1, 0.15) is 11.6 Å². The number of rotatable bonds is 1. The van der Waals surface area contributed by atoms with Gasteiger partial charge in [0.2, 0.25) is 0 Å². The lowest BCUT2D eigenvalue weighted by atomic mass is 10.1. The molecule has 1 N–H and O–H groups in total. The molecule has 1 aromatic heterocycles. The summed E-state index contributed by atoms with van der Waals surface area (Å²) >= 11 is 0. The molecule has 0 saturated carbocycles. The summed E-state index contributed by atoms with van der Waals surface area (Å²) in [6.45, 7) is 1.80. The van der Waals surface area contributed by atoms with E-state index in [1.807, 2.05) is 0 Å². The summed E-state index contributed by atoms with van der Waals surface area (Å²) in [5.41, 5.74) is 0.886. The normalized spacial score (nSPS) is 12.0. The van der Waals surface area contributed by atoms with E-state index >= 15 is 0 Å². The van der Waals surface area contributed by atoms with Crippen LogP contribution in [0.3, 0.4) is 0 Å². The third kappa shape index (κ3) is 2.49. The Kier molecular flexibility index (Phi) is 2.97. The predicted octanol–water partition coefficient (Wildman–Crippen LogP) is 4.70. The van der Waals surface area contributed by atoms with Crippen LogP contribution >= 0.6 is 0 Å². The van der Waals surface area contributed by atoms with E-state index in [9.17, 15) is 17.6 Å². The lowest BCUT2D eigenvalue weighted by molar-refractivity contribution is -0.137. The maximum absolute atomic E-state index is 13.8. The third-order valence-corrected chi connectivity index (χ3v) is 3.19. The molecule has 0 aliphatic heterocycles. The minimum absolute atomic E-state index is 0.213. The van der Waals surface area contributed by atoms with E-state index in [-0.39, 0.29) is 16.9 Å². The van der Waals surface area contributed by atoms with Crippen molar-refractivity contribution in [2.24, 2.45) is 0 Å². The first-order chi connectivity index (χ1) is 9.84. The van der Waals surface area contributed by atoms with E-state index < -0.39 is 17.6 Å². The molecule has 3 aromatic rings. The summed E-state index contributed by atoms with van der Waals surface area (Å²) in [6.07, 6.45) is -4.42. The van der Waals surface area contributed by atoms with E-state index in [1.165, 1.54) is 12.1 Å². The van der Waals surface area contributed by atoms with Crippen LogP contribution in [0.5, 0.6) is 0 Å². The smallest absolute Gasteiger partial charge is 0.338 e. The zero-order chi connectivity index (χ0) is 15.2. The fourth-order valence-electron chi connectivity index (χ4n) is 2.13. The lowest BCUT2D eigenvalue weighted by Gasteiger charge is -2.05. The number of halogens is 4. The number of nitrogens with zero attached hydrogens (tertiary/aromatic N) is 1. The molecular formula is C15H10F4N2. The molecule has 0 spiro atoms. The molecule has 0 aliphatic carbocycles. The largest absolute Gasteiger partial charge is 0.416 e. The average Bonchev–Trinajstić information content (AvgIpc) is 2.83. The van der Waals surface area contributed by atoms with E-state index in [1.54, 1.807) is 19.1 Å². The van der Waals surface area contributed by atoms with Gasteiger partial charge in [0.25, 0.3) is 0 Å². The molecule has 0 fully saturated rings. The maximum atomic E-state index is 13.8. The fourth-order valence-corrected chi connectivity index (χ4v) is 2.13. The van der Waals surface area contributed by atoms with Gasteiger partial charge in [-0.05, 0) is 37.3 Å². The molecule has 0 amide bonds. The molecule has 21 heavy (non-hydrogen) atoms. The van der Waals surface area contributed by atoms with Crippen LogP contribution in [0.2, 0.25) is 0 Å². The number of H-pyrrole nitrogens is 1. The highest BCUT2D eigenvalue weighted by atomic mass is 19.4. The van der Waals surface area contributed by atoms with E-state index in [4.69, 9.17) is 0 Å². The lowest BCUT2D eigenvalue weighted by Crippen LogP contribution is -2.04. The quantitative estimate of drug-likeness (QED) is 0.648. The Morgan fingerprint density at radius 3 is 2.52 bits per heavy atom. The van der Waals surface area contributed by atoms with Gasteiger partial charge in [-0.25, -0.2) is 9.37 Å². The minimum atomic E-state index is -4.42.